The summed E-state index contributed by atoms with van der Waals surface area (Å²) in [6, 6.07) is 5.72. The number of fused-ring (bicyclic) bond motifs is 1. The van der Waals surface area contributed by atoms with Gasteiger partial charge in [-0.25, -0.2) is 21.6 Å². The number of sulfone groups is 1. The fraction of sp³-hybridized carbons (Fsp3) is 0.346. The Morgan fingerprint density at radius 3 is 2.40 bits per heavy atom. The fourth-order valence-corrected chi connectivity index (χ4v) is 6.49. The highest BCUT2D eigenvalue weighted by Gasteiger charge is 2.40. The number of piperidine rings is 1. The standard InChI is InChI=1S/C26H21F6N7O5S/c27-16-10-19-18(9-15(16)21-35-36-24(43-21)38-7-5-25(28,29)6-8-38)39(22(40)17(33)12-45(19,41)42)11-13-1-3-14(4-2-13)20-34-23(44-37-20)26(30,31)32/h1-4,9-10,17H,5-8,11-12,33H2/t17-/m0/s1. The normalized spacial score (nSPS) is 19.8. The third-order valence-corrected chi connectivity index (χ3v) is 9.08. The molecular weight excluding hydrogens is 636 g/mol. The van der Waals surface area contributed by atoms with Crippen molar-refractivity contribution in [3.05, 3.63) is 53.7 Å². The lowest BCUT2D eigenvalue weighted by Crippen LogP contribution is -2.45. The van der Waals surface area contributed by atoms with Crippen LogP contribution < -0.4 is 15.5 Å². The Hall–Kier alpha value is -4.52. The van der Waals surface area contributed by atoms with Gasteiger partial charge in [0, 0.05) is 31.5 Å². The predicted octanol–water partition coefficient (Wildman–Crippen LogP) is 3.83. The summed E-state index contributed by atoms with van der Waals surface area (Å²) in [7, 11) is -4.28. The summed E-state index contributed by atoms with van der Waals surface area (Å²) in [5, 5.41) is 11.0. The maximum absolute atomic E-state index is 15.4. The van der Waals surface area contributed by atoms with Crippen LogP contribution in [0.1, 0.15) is 24.3 Å². The lowest BCUT2D eigenvalue weighted by Gasteiger charge is -2.30. The molecule has 12 nitrogen and oxygen atoms in total. The molecule has 45 heavy (non-hydrogen) atoms. The number of nitrogens with zero attached hydrogens (tertiary/aromatic N) is 6. The van der Waals surface area contributed by atoms with Gasteiger partial charge in [-0.3, -0.25) is 4.79 Å². The second-order valence-corrected chi connectivity index (χ2v) is 12.5. The summed E-state index contributed by atoms with van der Waals surface area (Å²) in [4.78, 5) is 18.6. The summed E-state index contributed by atoms with van der Waals surface area (Å²) >= 11 is 0. The van der Waals surface area contributed by atoms with Crippen molar-refractivity contribution < 1.29 is 48.5 Å². The van der Waals surface area contributed by atoms with Gasteiger partial charge in [-0.2, -0.15) is 18.2 Å². The quantitative estimate of drug-likeness (QED) is 0.311. The van der Waals surface area contributed by atoms with Gasteiger partial charge in [0.25, 0.3) is 11.8 Å². The van der Waals surface area contributed by atoms with E-state index in [1.165, 1.54) is 29.2 Å². The topological polar surface area (TPSA) is 162 Å². The molecule has 0 unspecified atom stereocenters. The molecule has 0 bridgehead atoms. The molecule has 1 amide bonds. The van der Waals surface area contributed by atoms with E-state index in [1.54, 1.807) is 0 Å². The van der Waals surface area contributed by atoms with Gasteiger partial charge in [0.1, 0.15) is 5.82 Å². The third kappa shape index (κ3) is 5.96. The van der Waals surface area contributed by atoms with Crippen LogP contribution in [0.2, 0.25) is 0 Å². The summed E-state index contributed by atoms with van der Waals surface area (Å²) in [5.74, 6) is -7.78. The van der Waals surface area contributed by atoms with Crippen LogP contribution in [0.5, 0.6) is 0 Å². The van der Waals surface area contributed by atoms with E-state index >= 15 is 4.39 Å². The minimum absolute atomic E-state index is 0.0886. The molecule has 238 valence electrons. The Kier molecular flexibility index (Phi) is 7.34. The van der Waals surface area contributed by atoms with Crippen LogP contribution in [0.4, 0.5) is 38.0 Å². The second-order valence-electron chi connectivity index (χ2n) is 10.5. The highest BCUT2D eigenvalue weighted by atomic mass is 32.2. The molecule has 2 aliphatic heterocycles. The summed E-state index contributed by atoms with van der Waals surface area (Å²) in [6.45, 7) is -0.457. The Morgan fingerprint density at radius 2 is 1.76 bits per heavy atom. The second kappa shape index (κ2) is 10.8. The van der Waals surface area contributed by atoms with Crippen LogP contribution in [0.3, 0.4) is 0 Å². The molecule has 2 aromatic heterocycles. The molecule has 0 saturated carbocycles. The highest BCUT2D eigenvalue weighted by Crippen LogP contribution is 2.38. The maximum atomic E-state index is 15.4. The number of benzene rings is 2. The van der Waals surface area contributed by atoms with E-state index in [2.05, 4.69) is 24.9 Å². The number of halogens is 6. The molecule has 0 spiro atoms. The molecule has 1 fully saturated rings. The SMILES string of the molecule is N[C@H]1CS(=O)(=O)c2cc(F)c(-c3nnc(N4CCC(F)(F)CC4)o3)cc2N(Cc2ccc(-c3noc(C(F)(F)F)n3)cc2)C1=O. The minimum atomic E-state index is -4.84. The number of nitrogens with two attached hydrogens (primary N) is 1. The zero-order chi connectivity index (χ0) is 32.3. The van der Waals surface area contributed by atoms with E-state index in [9.17, 15) is 35.2 Å². The van der Waals surface area contributed by atoms with Gasteiger partial charge in [0.2, 0.25) is 11.7 Å². The first-order valence-electron chi connectivity index (χ1n) is 13.2. The minimum Gasteiger partial charge on any atom is -0.403 e. The number of aromatic nitrogens is 4. The molecule has 2 N–H and O–H groups in total. The van der Waals surface area contributed by atoms with Crippen molar-refractivity contribution in [2.75, 3.05) is 28.6 Å². The molecule has 0 aliphatic carbocycles. The van der Waals surface area contributed by atoms with Crippen LogP contribution in [-0.2, 0) is 27.4 Å². The van der Waals surface area contributed by atoms with Crippen LogP contribution in [-0.4, -0.2) is 65.5 Å². The van der Waals surface area contributed by atoms with Crippen molar-refractivity contribution in [1.82, 2.24) is 20.3 Å². The summed E-state index contributed by atoms with van der Waals surface area (Å²) < 4.78 is 117. The lowest BCUT2D eigenvalue weighted by atomic mass is 10.1. The van der Waals surface area contributed by atoms with Crippen LogP contribution in [0.25, 0.3) is 22.8 Å². The van der Waals surface area contributed by atoms with Crippen molar-refractivity contribution in [3.63, 3.8) is 0 Å². The molecule has 6 rings (SSSR count). The van der Waals surface area contributed by atoms with Crippen molar-refractivity contribution in [2.24, 2.45) is 5.73 Å². The highest BCUT2D eigenvalue weighted by molar-refractivity contribution is 7.91. The molecule has 2 aliphatic rings. The number of hydrogen-bond acceptors (Lipinski definition) is 11. The van der Waals surface area contributed by atoms with Gasteiger partial charge in [-0.1, -0.05) is 34.5 Å². The fourth-order valence-electron chi connectivity index (χ4n) is 4.92. The monoisotopic (exact) mass is 657 g/mol. The van der Waals surface area contributed by atoms with E-state index in [-0.39, 0.29) is 54.2 Å². The van der Waals surface area contributed by atoms with Crippen LogP contribution >= 0.6 is 0 Å². The van der Waals surface area contributed by atoms with Crippen molar-refractivity contribution in [2.45, 2.75) is 42.4 Å². The van der Waals surface area contributed by atoms with Crippen LogP contribution in [0, 0.1) is 5.82 Å². The maximum Gasteiger partial charge on any atom is 0.471 e. The summed E-state index contributed by atoms with van der Waals surface area (Å²) in [5.41, 5.74) is 5.88. The number of carbonyl (C=O) groups excluding carboxylic acids is 1. The van der Waals surface area contributed by atoms with E-state index in [4.69, 9.17) is 10.2 Å². The van der Waals surface area contributed by atoms with E-state index in [0.717, 1.165) is 11.0 Å². The lowest BCUT2D eigenvalue weighted by molar-refractivity contribution is -0.159. The predicted molar refractivity (Wildman–Crippen MR) is 142 cm³/mol. The molecule has 1 saturated heterocycles. The zero-order valence-electron chi connectivity index (χ0n) is 22.8. The van der Waals surface area contributed by atoms with Crippen LogP contribution in [0.15, 0.2) is 50.2 Å². The van der Waals surface area contributed by atoms with E-state index < -0.39 is 69.1 Å². The number of alkyl halides is 5. The largest absolute Gasteiger partial charge is 0.471 e. The third-order valence-electron chi connectivity index (χ3n) is 7.29. The zero-order valence-corrected chi connectivity index (χ0v) is 23.6. The Balaban J connectivity index is 1.34. The number of rotatable bonds is 5. The van der Waals surface area contributed by atoms with Gasteiger partial charge in [-0.05, 0) is 17.7 Å². The van der Waals surface area contributed by atoms with Crippen molar-refractivity contribution in [1.29, 1.82) is 0 Å². The Bertz CT molecular complexity index is 1870. The average molecular weight is 658 g/mol. The Morgan fingerprint density at radius 1 is 1.07 bits per heavy atom. The first-order valence-corrected chi connectivity index (χ1v) is 14.9. The number of hydrogen-bond donors (Lipinski definition) is 1. The molecule has 19 heteroatoms. The summed E-state index contributed by atoms with van der Waals surface area (Å²) in [6.07, 6.45) is -5.73. The van der Waals surface area contributed by atoms with Crippen molar-refractivity contribution >= 4 is 27.4 Å². The first-order chi connectivity index (χ1) is 21.1. The van der Waals surface area contributed by atoms with Gasteiger partial charge >= 0.3 is 18.1 Å². The van der Waals surface area contributed by atoms with Gasteiger partial charge in [0.15, 0.2) is 9.84 Å². The molecule has 0 radical (unpaired) electrons. The molecular formula is C26H21F6N7O5S. The number of anilines is 2. The number of amides is 1. The van der Waals surface area contributed by atoms with E-state index in [0.29, 0.717) is 11.6 Å². The molecule has 1 atom stereocenters. The van der Waals surface area contributed by atoms with Gasteiger partial charge in [-0.15, -0.1) is 5.10 Å². The molecule has 4 aromatic rings. The molecule has 2 aromatic carbocycles. The first kappa shape index (κ1) is 30.5. The van der Waals surface area contributed by atoms with Gasteiger partial charge in [0.05, 0.1) is 34.5 Å². The Labute approximate surface area is 249 Å². The van der Waals surface area contributed by atoms with Crippen molar-refractivity contribution in [3.8, 4) is 22.8 Å². The van der Waals surface area contributed by atoms with E-state index in [1.807, 2.05) is 0 Å². The average Bonchev–Trinajstić information content (AvgIpc) is 3.65. The molecule has 4 heterocycles. The number of carbonyl (C=O) groups is 1. The van der Waals surface area contributed by atoms with Gasteiger partial charge < -0.3 is 24.5 Å². The smallest absolute Gasteiger partial charge is 0.403 e.